The van der Waals surface area contributed by atoms with Crippen LogP contribution in [0.15, 0.2) is 36.5 Å². The zero-order valence-corrected chi connectivity index (χ0v) is 12.8. The Morgan fingerprint density at radius 2 is 1.77 bits per heavy atom. The van der Waals surface area contributed by atoms with Crippen molar-refractivity contribution < 1.29 is 14.7 Å². The third-order valence-electron chi connectivity index (χ3n) is 3.48. The average Bonchev–Trinajstić information content (AvgIpc) is 2.96. The fraction of sp³-hybridized carbons (Fsp3) is 0.312. The number of benzene rings is 1. The molecule has 1 heterocycles. The second-order valence-electron chi connectivity index (χ2n) is 5.41. The van der Waals surface area contributed by atoms with Crippen molar-refractivity contribution in [2.24, 2.45) is 0 Å². The van der Waals surface area contributed by atoms with Crippen LogP contribution in [0.2, 0.25) is 0 Å². The molecule has 0 saturated heterocycles. The summed E-state index contributed by atoms with van der Waals surface area (Å²) in [5.41, 5.74) is 1.84. The van der Waals surface area contributed by atoms with Gasteiger partial charge in [0.05, 0.1) is 0 Å². The number of hydrogen-bond donors (Lipinski definition) is 2. The fourth-order valence-electron chi connectivity index (χ4n) is 2.10. The van der Waals surface area contributed by atoms with E-state index in [9.17, 15) is 9.59 Å². The predicted octanol–water partition coefficient (Wildman–Crippen LogP) is 2.90. The van der Waals surface area contributed by atoms with E-state index in [4.69, 9.17) is 5.11 Å². The summed E-state index contributed by atoms with van der Waals surface area (Å²) in [4.78, 5) is 23.3. The molecule has 0 fully saturated rings. The molecule has 2 N–H and O–H groups in total. The van der Waals surface area contributed by atoms with E-state index in [2.05, 4.69) is 24.3 Å². The first-order chi connectivity index (χ1) is 10.4. The van der Waals surface area contributed by atoms with Crippen molar-refractivity contribution in [1.82, 2.24) is 9.78 Å². The van der Waals surface area contributed by atoms with E-state index in [1.807, 2.05) is 24.3 Å². The number of nitrogens with one attached hydrogen (secondary N) is 1. The summed E-state index contributed by atoms with van der Waals surface area (Å²) in [5.74, 6) is -1.01. The third-order valence-corrected chi connectivity index (χ3v) is 3.48. The van der Waals surface area contributed by atoms with E-state index in [1.54, 1.807) is 6.92 Å². The Bertz CT molecular complexity index is 674. The van der Waals surface area contributed by atoms with Gasteiger partial charge in [-0.05, 0) is 36.6 Å². The molecule has 0 aliphatic heterocycles. The molecule has 1 atom stereocenters. The Hall–Kier alpha value is -2.63. The first-order valence-corrected chi connectivity index (χ1v) is 7.07. The molecule has 2 rings (SSSR count). The largest absolute Gasteiger partial charge is 0.477 e. The molecule has 1 aromatic carbocycles. The van der Waals surface area contributed by atoms with Crippen LogP contribution in [0.3, 0.4) is 0 Å². The van der Waals surface area contributed by atoms with Gasteiger partial charge >= 0.3 is 5.97 Å². The first kappa shape index (κ1) is 15.8. The van der Waals surface area contributed by atoms with Crippen LogP contribution >= 0.6 is 0 Å². The predicted molar refractivity (Wildman–Crippen MR) is 83.1 cm³/mol. The minimum atomic E-state index is -1.11. The third kappa shape index (κ3) is 3.33. The summed E-state index contributed by atoms with van der Waals surface area (Å²) >= 11 is 0. The molecule has 0 aliphatic rings. The van der Waals surface area contributed by atoms with Crippen molar-refractivity contribution in [3.63, 3.8) is 0 Å². The first-order valence-electron chi connectivity index (χ1n) is 7.07. The van der Waals surface area contributed by atoms with Crippen LogP contribution in [-0.4, -0.2) is 26.8 Å². The molecule has 116 valence electrons. The van der Waals surface area contributed by atoms with Crippen LogP contribution in [0.25, 0.3) is 0 Å². The molecule has 0 saturated carbocycles. The zero-order valence-electron chi connectivity index (χ0n) is 12.8. The van der Waals surface area contributed by atoms with Crippen LogP contribution in [-0.2, 0) is 4.79 Å². The lowest BCUT2D eigenvalue weighted by Crippen LogP contribution is -2.26. The van der Waals surface area contributed by atoms with E-state index in [0.29, 0.717) is 11.6 Å². The highest BCUT2D eigenvalue weighted by atomic mass is 16.4. The van der Waals surface area contributed by atoms with Crippen molar-refractivity contribution in [3.05, 3.63) is 47.8 Å². The SMILES string of the molecule is CC(C)c1ccc(NC(=O)C(C)n2nccc2C(=O)O)cc1. The van der Waals surface area contributed by atoms with Gasteiger partial charge in [-0.25, -0.2) is 9.48 Å². The van der Waals surface area contributed by atoms with Crippen molar-refractivity contribution in [1.29, 1.82) is 0 Å². The molecule has 2 aromatic rings. The maximum atomic E-state index is 12.2. The number of carbonyl (C=O) groups excluding carboxylic acids is 1. The van der Waals surface area contributed by atoms with Crippen LogP contribution in [0, 0.1) is 0 Å². The normalized spacial score (nSPS) is 12.2. The number of nitrogens with zero attached hydrogens (tertiary/aromatic N) is 2. The highest BCUT2D eigenvalue weighted by Gasteiger charge is 2.21. The molecule has 22 heavy (non-hydrogen) atoms. The van der Waals surface area contributed by atoms with Gasteiger partial charge in [0, 0.05) is 11.9 Å². The summed E-state index contributed by atoms with van der Waals surface area (Å²) in [6.45, 7) is 5.80. The van der Waals surface area contributed by atoms with E-state index in [1.165, 1.54) is 22.5 Å². The number of carboxylic acid groups (broad SMARTS) is 1. The molecule has 0 aliphatic carbocycles. The van der Waals surface area contributed by atoms with E-state index < -0.39 is 12.0 Å². The van der Waals surface area contributed by atoms with Gasteiger partial charge in [0.15, 0.2) is 0 Å². The van der Waals surface area contributed by atoms with Gasteiger partial charge in [0.25, 0.3) is 0 Å². The molecule has 0 spiro atoms. The zero-order chi connectivity index (χ0) is 16.3. The number of anilines is 1. The van der Waals surface area contributed by atoms with E-state index in [0.717, 1.165) is 0 Å². The average molecular weight is 301 g/mol. The fourth-order valence-corrected chi connectivity index (χ4v) is 2.10. The minimum absolute atomic E-state index is 0.0159. The Kier molecular flexibility index (Phi) is 4.60. The number of aromatic nitrogens is 2. The van der Waals surface area contributed by atoms with Gasteiger partial charge in [-0.1, -0.05) is 26.0 Å². The van der Waals surface area contributed by atoms with E-state index >= 15 is 0 Å². The molecule has 0 bridgehead atoms. The Balaban J connectivity index is 2.11. The van der Waals surface area contributed by atoms with Crippen molar-refractivity contribution in [3.8, 4) is 0 Å². The Labute approximate surface area is 128 Å². The number of carbonyl (C=O) groups is 2. The van der Waals surface area contributed by atoms with Gasteiger partial charge in [0.1, 0.15) is 11.7 Å². The van der Waals surface area contributed by atoms with Crippen molar-refractivity contribution in [2.75, 3.05) is 5.32 Å². The van der Waals surface area contributed by atoms with Gasteiger partial charge in [-0.3, -0.25) is 4.79 Å². The lowest BCUT2D eigenvalue weighted by Gasteiger charge is -2.15. The topological polar surface area (TPSA) is 84.2 Å². The summed E-state index contributed by atoms with van der Waals surface area (Å²) in [6, 6.07) is 8.24. The molecule has 1 aromatic heterocycles. The van der Waals surface area contributed by atoms with Crippen LogP contribution in [0.5, 0.6) is 0 Å². The number of carboxylic acids is 1. The number of amides is 1. The molecule has 6 heteroatoms. The van der Waals surface area contributed by atoms with Gasteiger partial charge in [-0.2, -0.15) is 5.10 Å². The van der Waals surface area contributed by atoms with Crippen LogP contribution < -0.4 is 5.32 Å². The van der Waals surface area contributed by atoms with Crippen molar-refractivity contribution >= 4 is 17.6 Å². The molecular formula is C16H19N3O3. The van der Waals surface area contributed by atoms with Crippen molar-refractivity contribution in [2.45, 2.75) is 32.7 Å². The monoisotopic (exact) mass is 301 g/mol. The van der Waals surface area contributed by atoms with Crippen LogP contribution in [0.1, 0.15) is 48.8 Å². The Morgan fingerprint density at radius 1 is 1.14 bits per heavy atom. The quantitative estimate of drug-likeness (QED) is 0.889. The summed E-state index contributed by atoms with van der Waals surface area (Å²) in [6.07, 6.45) is 1.37. The second kappa shape index (κ2) is 6.43. The number of rotatable bonds is 5. The van der Waals surface area contributed by atoms with E-state index in [-0.39, 0.29) is 11.6 Å². The van der Waals surface area contributed by atoms with Gasteiger partial charge in [-0.15, -0.1) is 0 Å². The molecule has 1 amide bonds. The second-order valence-corrected chi connectivity index (χ2v) is 5.41. The molecule has 6 nitrogen and oxygen atoms in total. The number of aromatic carboxylic acids is 1. The maximum Gasteiger partial charge on any atom is 0.354 e. The highest BCUT2D eigenvalue weighted by Crippen LogP contribution is 2.18. The highest BCUT2D eigenvalue weighted by molar-refractivity contribution is 5.94. The van der Waals surface area contributed by atoms with Gasteiger partial charge in [0.2, 0.25) is 5.91 Å². The summed E-state index contributed by atoms with van der Waals surface area (Å²) in [5, 5.41) is 15.7. The molecule has 1 unspecified atom stereocenters. The smallest absolute Gasteiger partial charge is 0.354 e. The minimum Gasteiger partial charge on any atom is -0.477 e. The summed E-state index contributed by atoms with van der Waals surface area (Å²) < 4.78 is 1.19. The Morgan fingerprint density at radius 3 is 2.32 bits per heavy atom. The maximum absolute atomic E-state index is 12.2. The number of hydrogen-bond acceptors (Lipinski definition) is 3. The summed E-state index contributed by atoms with van der Waals surface area (Å²) in [7, 11) is 0. The lowest BCUT2D eigenvalue weighted by molar-refractivity contribution is -0.119. The lowest BCUT2D eigenvalue weighted by atomic mass is 10.0. The molecular weight excluding hydrogens is 282 g/mol. The standard InChI is InChI=1S/C16H19N3O3/c1-10(2)12-4-6-13(7-5-12)18-15(20)11(3)19-14(16(21)22)8-9-17-19/h4-11H,1-3H3,(H,18,20)(H,21,22). The van der Waals surface area contributed by atoms with Crippen LogP contribution in [0.4, 0.5) is 5.69 Å². The molecule has 0 radical (unpaired) electrons. The van der Waals surface area contributed by atoms with Gasteiger partial charge < -0.3 is 10.4 Å².